The number of fused-ring (bicyclic) bond motifs is 1. The highest BCUT2D eigenvalue weighted by atomic mass is 79.9. The molecule has 5 nitrogen and oxygen atoms in total. The van der Waals surface area contributed by atoms with Gasteiger partial charge in [-0.1, -0.05) is 52.3 Å². The zero-order valence-corrected chi connectivity index (χ0v) is 19.6. The summed E-state index contributed by atoms with van der Waals surface area (Å²) in [5.74, 6) is 0.107. The fraction of sp³-hybridized carbons (Fsp3) is 0.280. The fourth-order valence-electron chi connectivity index (χ4n) is 3.49. The molecule has 0 bridgehead atoms. The van der Waals surface area contributed by atoms with E-state index in [0.29, 0.717) is 25.2 Å². The second-order valence-corrected chi connectivity index (χ2v) is 8.56. The number of nitrogens with zero attached hydrogens (tertiary/aromatic N) is 2. The van der Waals surface area contributed by atoms with Crippen LogP contribution in [0.5, 0.6) is 0 Å². The molecule has 0 saturated heterocycles. The summed E-state index contributed by atoms with van der Waals surface area (Å²) in [7, 11) is 1.92. The Labute approximate surface area is 192 Å². The maximum atomic E-state index is 13.1. The third kappa shape index (κ3) is 5.93. The summed E-state index contributed by atoms with van der Waals surface area (Å²) in [6, 6.07) is 19.7. The van der Waals surface area contributed by atoms with Crippen molar-refractivity contribution in [3.63, 3.8) is 0 Å². The Balaban J connectivity index is 1.75. The van der Waals surface area contributed by atoms with Gasteiger partial charge in [-0.15, -0.1) is 0 Å². The van der Waals surface area contributed by atoms with Crippen molar-refractivity contribution >= 4 is 44.1 Å². The summed E-state index contributed by atoms with van der Waals surface area (Å²) in [4.78, 5) is 28.6. The molecule has 0 spiro atoms. The van der Waals surface area contributed by atoms with E-state index in [4.69, 9.17) is 5.73 Å². The lowest BCUT2D eigenvalue weighted by atomic mass is 10.0. The molecule has 3 aromatic rings. The van der Waals surface area contributed by atoms with Crippen LogP contribution in [0.15, 0.2) is 65.1 Å². The first kappa shape index (κ1) is 23.0. The van der Waals surface area contributed by atoms with Crippen LogP contribution in [0.1, 0.15) is 29.3 Å². The van der Waals surface area contributed by atoms with E-state index in [1.165, 1.54) is 0 Å². The molecular weight excluding hydrogens is 454 g/mol. The number of carbonyl (C=O) groups excluding carboxylic acids is 2. The first-order valence-corrected chi connectivity index (χ1v) is 11.2. The molecule has 0 unspecified atom stereocenters. The Morgan fingerprint density at radius 3 is 2.42 bits per heavy atom. The van der Waals surface area contributed by atoms with Crippen molar-refractivity contribution in [3.05, 3.63) is 76.3 Å². The molecule has 3 aromatic carbocycles. The average molecular weight is 482 g/mol. The Hall–Kier alpha value is -2.70. The van der Waals surface area contributed by atoms with Gasteiger partial charge in [-0.2, -0.15) is 0 Å². The van der Waals surface area contributed by atoms with E-state index in [1.807, 2.05) is 77.5 Å². The molecule has 31 heavy (non-hydrogen) atoms. The van der Waals surface area contributed by atoms with Gasteiger partial charge in [0, 0.05) is 35.9 Å². The van der Waals surface area contributed by atoms with Gasteiger partial charge in [0.2, 0.25) is 5.91 Å². The zero-order valence-electron chi connectivity index (χ0n) is 18.0. The number of carbonyl (C=O) groups is 2. The van der Waals surface area contributed by atoms with Gasteiger partial charge in [-0.05, 0) is 60.5 Å². The molecular formula is C25H28BrN3O2. The number of ketones is 1. The molecule has 0 radical (unpaired) electrons. The Kier molecular flexibility index (Phi) is 7.82. The van der Waals surface area contributed by atoms with Crippen LogP contribution in [0, 0.1) is 0 Å². The van der Waals surface area contributed by atoms with Gasteiger partial charge in [0.15, 0.2) is 5.78 Å². The Morgan fingerprint density at radius 2 is 1.71 bits per heavy atom. The van der Waals surface area contributed by atoms with Crippen molar-refractivity contribution in [2.45, 2.75) is 19.9 Å². The van der Waals surface area contributed by atoms with E-state index in [-0.39, 0.29) is 18.2 Å². The predicted molar refractivity (Wildman–Crippen MR) is 130 cm³/mol. The first-order chi connectivity index (χ1) is 14.9. The number of nitrogens with two attached hydrogens (primary N) is 1. The minimum absolute atomic E-state index is 0.0521. The van der Waals surface area contributed by atoms with E-state index >= 15 is 0 Å². The normalized spacial score (nSPS) is 10.8. The van der Waals surface area contributed by atoms with Gasteiger partial charge in [-0.25, -0.2) is 0 Å². The average Bonchev–Trinajstić information content (AvgIpc) is 2.76. The minimum atomic E-state index is 0.0521. The Bertz CT molecular complexity index is 1080. The van der Waals surface area contributed by atoms with Crippen LogP contribution in [0.4, 0.5) is 5.69 Å². The van der Waals surface area contributed by atoms with Crippen molar-refractivity contribution in [1.82, 2.24) is 4.90 Å². The van der Waals surface area contributed by atoms with Crippen LogP contribution >= 0.6 is 15.9 Å². The van der Waals surface area contributed by atoms with Gasteiger partial charge in [0.25, 0.3) is 0 Å². The molecule has 1 amide bonds. The molecule has 0 aliphatic carbocycles. The number of Topliss-reactive ketones (excluding diaryl/α,β-unsaturated/α-hetero) is 1. The number of anilines is 1. The van der Waals surface area contributed by atoms with E-state index in [0.717, 1.165) is 32.9 Å². The molecule has 162 valence electrons. The number of halogens is 1. The number of rotatable bonds is 9. The van der Waals surface area contributed by atoms with Crippen LogP contribution < -0.4 is 10.6 Å². The topological polar surface area (TPSA) is 66.6 Å². The lowest BCUT2D eigenvalue weighted by Crippen LogP contribution is -2.39. The first-order valence-electron chi connectivity index (χ1n) is 10.4. The van der Waals surface area contributed by atoms with Gasteiger partial charge in [-0.3, -0.25) is 9.59 Å². The molecule has 0 atom stereocenters. The highest BCUT2D eigenvalue weighted by Crippen LogP contribution is 2.23. The molecule has 2 N–H and O–H groups in total. The summed E-state index contributed by atoms with van der Waals surface area (Å²) < 4.78 is 0.994. The van der Waals surface area contributed by atoms with E-state index in [1.54, 1.807) is 6.92 Å². The van der Waals surface area contributed by atoms with Gasteiger partial charge in [0.1, 0.15) is 0 Å². The largest absolute Gasteiger partial charge is 0.365 e. The summed E-state index contributed by atoms with van der Waals surface area (Å²) >= 11 is 3.57. The predicted octanol–water partition coefficient (Wildman–Crippen LogP) is 4.62. The quantitative estimate of drug-likeness (QED) is 0.452. The summed E-state index contributed by atoms with van der Waals surface area (Å²) in [6.07, 6.45) is 0.758. The number of benzene rings is 3. The molecule has 3 rings (SSSR count). The number of hydrogen-bond acceptors (Lipinski definition) is 4. The van der Waals surface area contributed by atoms with Crippen molar-refractivity contribution < 1.29 is 9.59 Å². The highest BCUT2D eigenvalue weighted by molar-refractivity contribution is 9.10. The number of hydrogen-bond donors (Lipinski definition) is 1. The fourth-order valence-corrected chi connectivity index (χ4v) is 3.90. The molecule has 0 aliphatic rings. The minimum Gasteiger partial charge on any atom is -0.365 e. The molecule has 0 aromatic heterocycles. The van der Waals surface area contributed by atoms with Crippen molar-refractivity contribution in [1.29, 1.82) is 0 Å². The monoisotopic (exact) mass is 481 g/mol. The zero-order chi connectivity index (χ0) is 22.4. The van der Waals surface area contributed by atoms with E-state index in [2.05, 4.69) is 15.9 Å². The number of likely N-dealkylation sites (N-methyl/N-ethyl adjacent to an activating group) is 1. The molecule has 0 fully saturated rings. The van der Waals surface area contributed by atoms with Crippen LogP contribution in [0.2, 0.25) is 0 Å². The highest BCUT2D eigenvalue weighted by Gasteiger charge is 2.17. The second kappa shape index (κ2) is 10.6. The molecule has 6 heteroatoms. The lowest BCUT2D eigenvalue weighted by molar-refractivity contribution is -0.130. The number of amides is 1. The standard InChI is InChI=1S/C25H28BrN3O2/c1-18(30)19-8-9-21-15-23(11-10-20(21)14-19)28(2)17-25(31)29(13-5-12-27)16-22-6-3-4-7-24(22)26/h3-4,6-11,14-15H,5,12-13,16-17,27H2,1-2H3. The maximum absolute atomic E-state index is 13.1. The van der Waals surface area contributed by atoms with Gasteiger partial charge >= 0.3 is 0 Å². The Morgan fingerprint density at radius 1 is 1.00 bits per heavy atom. The van der Waals surface area contributed by atoms with Crippen LogP contribution in [-0.2, 0) is 11.3 Å². The van der Waals surface area contributed by atoms with Crippen LogP contribution in [0.3, 0.4) is 0 Å². The molecule has 0 saturated carbocycles. The lowest BCUT2D eigenvalue weighted by Gasteiger charge is -2.27. The van der Waals surface area contributed by atoms with Crippen molar-refractivity contribution in [2.75, 3.05) is 31.6 Å². The SMILES string of the molecule is CC(=O)c1ccc2cc(N(C)CC(=O)N(CCCN)Cc3ccccc3Br)ccc2c1. The van der Waals surface area contributed by atoms with Gasteiger partial charge in [0.05, 0.1) is 6.54 Å². The van der Waals surface area contributed by atoms with E-state index < -0.39 is 0 Å². The summed E-state index contributed by atoms with van der Waals surface area (Å²) in [5.41, 5.74) is 8.42. The van der Waals surface area contributed by atoms with Crippen LogP contribution in [-0.4, -0.2) is 43.3 Å². The molecule has 0 heterocycles. The van der Waals surface area contributed by atoms with E-state index in [9.17, 15) is 9.59 Å². The van der Waals surface area contributed by atoms with Crippen LogP contribution in [0.25, 0.3) is 10.8 Å². The third-order valence-corrected chi connectivity index (χ3v) is 6.12. The second-order valence-electron chi connectivity index (χ2n) is 7.71. The van der Waals surface area contributed by atoms with Gasteiger partial charge < -0.3 is 15.5 Å². The smallest absolute Gasteiger partial charge is 0.242 e. The van der Waals surface area contributed by atoms with Crippen molar-refractivity contribution in [3.8, 4) is 0 Å². The third-order valence-electron chi connectivity index (χ3n) is 5.35. The summed E-state index contributed by atoms with van der Waals surface area (Å²) in [5, 5.41) is 2.05. The summed E-state index contributed by atoms with van der Waals surface area (Å²) in [6.45, 7) is 3.55. The maximum Gasteiger partial charge on any atom is 0.242 e. The molecule has 0 aliphatic heterocycles. The van der Waals surface area contributed by atoms with Crippen molar-refractivity contribution in [2.24, 2.45) is 5.73 Å².